The average Bonchev–Trinajstić information content (AvgIpc) is 3.39. The maximum Gasteiger partial charge on any atom is 0.265 e. The van der Waals surface area contributed by atoms with E-state index in [4.69, 9.17) is 9.15 Å². The zero-order valence-electron chi connectivity index (χ0n) is 14.9. The van der Waals surface area contributed by atoms with Gasteiger partial charge in [0.1, 0.15) is 5.76 Å². The maximum absolute atomic E-state index is 12.8. The van der Waals surface area contributed by atoms with Crippen LogP contribution in [0.1, 0.15) is 25.8 Å². The highest BCUT2D eigenvalue weighted by Gasteiger charge is 2.17. The molecule has 27 heavy (non-hydrogen) atoms. The van der Waals surface area contributed by atoms with Gasteiger partial charge >= 0.3 is 0 Å². The third kappa shape index (κ3) is 5.06. The summed E-state index contributed by atoms with van der Waals surface area (Å²) in [7, 11) is 1.60. The second kappa shape index (κ2) is 9.16. The van der Waals surface area contributed by atoms with Crippen LogP contribution in [0.5, 0.6) is 0 Å². The molecule has 3 rings (SSSR count). The number of thiophene rings is 1. The van der Waals surface area contributed by atoms with Gasteiger partial charge in [-0.25, -0.2) is 0 Å². The third-order valence-electron chi connectivity index (χ3n) is 3.91. The molecule has 3 aromatic rings. The minimum absolute atomic E-state index is 0.125. The third-order valence-corrected chi connectivity index (χ3v) is 4.78. The Balaban J connectivity index is 1.67. The van der Waals surface area contributed by atoms with Gasteiger partial charge in [-0.05, 0) is 47.8 Å². The summed E-state index contributed by atoms with van der Waals surface area (Å²) in [6.45, 7) is 1.25. The molecule has 0 aliphatic heterocycles. The summed E-state index contributed by atoms with van der Waals surface area (Å²) in [6, 6.07) is 14.1. The molecule has 140 valence electrons. The van der Waals surface area contributed by atoms with E-state index < -0.39 is 0 Å². The lowest BCUT2D eigenvalue weighted by Crippen LogP contribution is -2.33. The minimum Gasteiger partial charge on any atom is -0.467 e. The quantitative estimate of drug-likeness (QED) is 0.640. The Kier molecular flexibility index (Phi) is 6.40. The molecule has 0 spiro atoms. The van der Waals surface area contributed by atoms with E-state index in [1.807, 2.05) is 17.5 Å². The molecule has 2 heterocycles. The van der Waals surface area contributed by atoms with E-state index >= 15 is 0 Å². The molecule has 0 fully saturated rings. The number of benzene rings is 1. The molecule has 0 saturated carbocycles. The van der Waals surface area contributed by atoms with Crippen LogP contribution in [-0.2, 0) is 11.3 Å². The Morgan fingerprint density at radius 2 is 1.96 bits per heavy atom. The molecule has 0 bridgehead atoms. The van der Waals surface area contributed by atoms with Gasteiger partial charge in [0.05, 0.1) is 24.3 Å². The molecule has 2 amide bonds. The molecule has 6 nitrogen and oxygen atoms in total. The normalized spacial score (nSPS) is 10.6. The standard InChI is InChI=1S/C20H20N2O4S/c1-25-12-10-22(14-17-4-2-11-26-17)20(24)15-6-8-16(9-7-15)21-19(23)18-5-3-13-27-18/h2-9,11,13H,10,12,14H2,1H3,(H,21,23). The van der Waals surface area contributed by atoms with Gasteiger partial charge in [0.25, 0.3) is 11.8 Å². The van der Waals surface area contributed by atoms with Crippen LogP contribution in [0, 0.1) is 0 Å². The van der Waals surface area contributed by atoms with E-state index in [1.165, 1.54) is 11.3 Å². The summed E-state index contributed by atoms with van der Waals surface area (Å²) < 4.78 is 10.5. The Labute approximate surface area is 161 Å². The fourth-order valence-corrected chi connectivity index (χ4v) is 3.14. The number of carbonyl (C=O) groups excluding carboxylic acids is 2. The van der Waals surface area contributed by atoms with Crippen molar-refractivity contribution in [2.75, 3.05) is 25.6 Å². The van der Waals surface area contributed by atoms with Crippen molar-refractivity contribution in [3.8, 4) is 0 Å². The van der Waals surface area contributed by atoms with Gasteiger partial charge in [0.15, 0.2) is 0 Å². The number of nitrogens with one attached hydrogen (secondary N) is 1. The molecule has 0 radical (unpaired) electrons. The molecule has 0 unspecified atom stereocenters. The number of amides is 2. The van der Waals surface area contributed by atoms with Crippen molar-refractivity contribution in [1.29, 1.82) is 0 Å². The van der Waals surface area contributed by atoms with E-state index in [9.17, 15) is 9.59 Å². The highest BCUT2D eigenvalue weighted by Crippen LogP contribution is 2.16. The number of hydrogen-bond acceptors (Lipinski definition) is 5. The summed E-state index contributed by atoms with van der Waals surface area (Å²) in [5.74, 6) is 0.419. The lowest BCUT2D eigenvalue weighted by atomic mass is 10.1. The van der Waals surface area contributed by atoms with Crippen LogP contribution in [-0.4, -0.2) is 37.0 Å². The Bertz CT molecular complexity index is 858. The summed E-state index contributed by atoms with van der Waals surface area (Å²) in [6.07, 6.45) is 1.58. The summed E-state index contributed by atoms with van der Waals surface area (Å²) >= 11 is 1.38. The molecule has 7 heteroatoms. The first-order chi connectivity index (χ1) is 13.2. The van der Waals surface area contributed by atoms with Gasteiger partial charge in [-0.2, -0.15) is 0 Å². The highest BCUT2D eigenvalue weighted by atomic mass is 32.1. The molecule has 1 N–H and O–H groups in total. The Morgan fingerprint density at radius 1 is 1.15 bits per heavy atom. The molecule has 1 aromatic carbocycles. The zero-order valence-corrected chi connectivity index (χ0v) is 15.7. The van der Waals surface area contributed by atoms with Gasteiger partial charge in [-0.3, -0.25) is 9.59 Å². The predicted octanol–water partition coefficient (Wildman–Crippen LogP) is 3.88. The van der Waals surface area contributed by atoms with Gasteiger partial charge in [-0.1, -0.05) is 6.07 Å². The monoisotopic (exact) mass is 384 g/mol. The van der Waals surface area contributed by atoms with Gasteiger partial charge < -0.3 is 19.4 Å². The number of furan rings is 1. The second-order valence-electron chi connectivity index (χ2n) is 5.81. The van der Waals surface area contributed by atoms with E-state index in [-0.39, 0.29) is 11.8 Å². The molecular formula is C20H20N2O4S. The summed E-state index contributed by atoms with van der Waals surface area (Å²) in [4.78, 5) is 27.2. The fourth-order valence-electron chi connectivity index (χ4n) is 2.52. The van der Waals surface area contributed by atoms with E-state index in [1.54, 1.807) is 54.7 Å². The first-order valence-corrected chi connectivity index (χ1v) is 9.31. The maximum atomic E-state index is 12.8. The van der Waals surface area contributed by atoms with Crippen molar-refractivity contribution >= 4 is 28.8 Å². The van der Waals surface area contributed by atoms with Gasteiger partial charge in [-0.15, -0.1) is 11.3 Å². The summed E-state index contributed by atoms with van der Waals surface area (Å²) in [5.41, 5.74) is 1.17. The van der Waals surface area contributed by atoms with E-state index in [0.717, 1.165) is 0 Å². The van der Waals surface area contributed by atoms with Gasteiger partial charge in [0, 0.05) is 24.9 Å². The molecule has 0 aliphatic carbocycles. The van der Waals surface area contributed by atoms with Crippen molar-refractivity contribution in [2.24, 2.45) is 0 Å². The number of carbonyl (C=O) groups is 2. The SMILES string of the molecule is COCCN(Cc1ccco1)C(=O)c1ccc(NC(=O)c2cccs2)cc1. The average molecular weight is 384 g/mol. The molecular weight excluding hydrogens is 364 g/mol. The van der Waals surface area contributed by atoms with Crippen molar-refractivity contribution < 1.29 is 18.7 Å². The molecule has 0 atom stereocenters. The van der Waals surface area contributed by atoms with Crippen LogP contribution >= 0.6 is 11.3 Å². The summed E-state index contributed by atoms with van der Waals surface area (Å²) in [5, 5.41) is 4.67. The van der Waals surface area contributed by atoms with Crippen molar-refractivity contribution in [3.63, 3.8) is 0 Å². The molecule has 0 aliphatic rings. The zero-order chi connectivity index (χ0) is 19.1. The molecule has 2 aromatic heterocycles. The fraction of sp³-hybridized carbons (Fsp3) is 0.200. The topological polar surface area (TPSA) is 71.8 Å². The van der Waals surface area contributed by atoms with Crippen molar-refractivity contribution in [2.45, 2.75) is 6.54 Å². The van der Waals surface area contributed by atoms with Crippen LogP contribution < -0.4 is 5.32 Å². The minimum atomic E-state index is -0.163. The Morgan fingerprint density at radius 3 is 2.59 bits per heavy atom. The number of methoxy groups -OCH3 is 1. The largest absolute Gasteiger partial charge is 0.467 e. The van der Waals surface area contributed by atoms with E-state index in [0.29, 0.717) is 41.6 Å². The van der Waals surface area contributed by atoms with Crippen LogP contribution in [0.3, 0.4) is 0 Å². The Hall–Kier alpha value is -2.90. The van der Waals surface area contributed by atoms with Crippen molar-refractivity contribution in [1.82, 2.24) is 4.90 Å². The second-order valence-corrected chi connectivity index (χ2v) is 6.76. The lowest BCUT2D eigenvalue weighted by Gasteiger charge is -2.21. The molecule has 0 saturated heterocycles. The highest BCUT2D eigenvalue weighted by molar-refractivity contribution is 7.12. The number of ether oxygens (including phenoxy) is 1. The lowest BCUT2D eigenvalue weighted by molar-refractivity contribution is 0.0666. The van der Waals surface area contributed by atoms with Crippen LogP contribution in [0.2, 0.25) is 0 Å². The van der Waals surface area contributed by atoms with Crippen LogP contribution in [0.25, 0.3) is 0 Å². The first-order valence-electron chi connectivity index (χ1n) is 8.43. The number of rotatable bonds is 8. The van der Waals surface area contributed by atoms with Crippen LogP contribution in [0.4, 0.5) is 5.69 Å². The predicted molar refractivity (Wildman–Crippen MR) is 104 cm³/mol. The van der Waals surface area contributed by atoms with Gasteiger partial charge in [0.2, 0.25) is 0 Å². The smallest absolute Gasteiger partial charge is 0.265 e. The van der Waals surface area contributed by atoms with Crippen LogP contribution in [0.15, 0.2) is 64.6 Å². The number of hydrogen-bond donors (Lipinski definition) is 1. The number of anilines is 1. The van der Waals surface area contributed by atoms with Crippen molar-refractivity contribution in [3.05, 3.63) is 76.4 Å². The number of nitrogens with zero attached hydrogens (tertiary/aromatic N) is 1. The van der Waals surface area contributed by atoms with E-state index in [2.05, 4.69) is 5.32 Å². The first kappa shape index (κ1) is 18.9.